The SMILES string of the molecule is COc1cc(OC(F)(F)F)ccc1[C@@H](N)[C@@H](O)C(C)C. The van der Waals surface area contributed by atoms with Gasteiger partial charge in [-0.25, -0.2) is 0 Å². The molecule has 0 saturated carbocycles. The van der Waals surface area contributed by atoms with Gasteiger partial charge in [-0.2, -0.15) is 0 Å². The number of aliphatic hydroxyl groups excluding tert-OH is 1. The van der Waals surface area contributed by atoms with Crippen molar-refractivity contribution in [2.75, 3.05) is 7.11 Å². The van der Waals surface area contributed by atoms with Crippen LogP contribution in [0.2, 0.25) is 0 Å². The van der Waals surface area contributed by atoms with Gasteiger partial charge in [-0.05, 0) is 18.1 Å². The molecule has 2 atom stereocenters. The average Bonchev–Trinajstić information content (AvgIpc) is 2.34. The van der Waals surface area contributed by atoms with Crippen molar-refractivity contribution >= 4 is 0 Å². The van der Waals surface area contributed by atoms with E-state index in [0.717, 1.165) is 12.1 Å². The van der Waals surface area contributed by atoms with Gasteiger partial charge in [-0.15, -0.1) is 13.2 Å². The number of hydrogen-bond donors (Lipinski definition) is 2. The Morgan fingerprint density at radius 2 is 1.85 bits per heavy atom. The standard InChI is InChI=1S/C13H18F3NO3/c1-7(2)12(18)11(17)9-5-4-8(6-10(9)19-3)20-13(14,15)16/h4-7,11-12,18H,17H2,1-3H3/t11-,12+/m1/s1. The fraction of sp³-hybridized carbons (Fsp3) is 0.538. The molecule has 20 heavy (non-hydrogen) atoms. The second-order valence-corrected chi connectivity index (χ2v) is 4.71. The molecule has 0 fully saturated rings. The molecular weight excluding hydrogens is 275 g/mol. The first-order valence-corrected chi connectivity index (χ1v) is 6.03. The summed E-state index contributed by atoms with van der Waals surface area (Å²) >= 11 is 0. The van der Waals surface area contributed by atoms with Crippen LogP contribution in [0.3, 0.4) is 0 Å². The van der Waals surface area contributed by atoms with Crippen molar-refractivity contribution < 1.29 is 27.8 Å². The lowest BCUT2D eigenvalue weighted by Gasteiger charge is -2.24. The van der Waals surface area contributed by atoms with Crippen LogP contribution < -0.4 is 15.2 Å². The molecule has 0 spiro atoms. The predicted octanol–water partition coefficient (Wildman–Crippen LogP) is 2.61. The first kappa shape index (κ1) is 16.6. The zero-order valence-corrected chi connectivity index (χ0v) is 11.4. The minimum absolute atomic E-state index is 0.0965. The zero-order valence-electron chi connectivity index (χ0n) is 11.4. The summed E-state index contributed by atoms with van der Waals surface area (Å²) in [5.41, 5.74) is 6.32. The molecule has 4 nitrogen and oxygen atoms in total. The van der Waals surface area contributed by atoms with E-state index in [4.69, 9.17) is 10.5 Å². The molecule has 0 heterocycles. The van der Waals surface area contributed by atoms with Gasteiger partial charge in [-0.1, -0.05) is 13.8 Å². The number of alkyl halides is 3. The minimum atomic E-state index is -4.77. The maximum absolute atomic E-state index is 12.1. The van der Waals surface area contributed by atoms with Crippen LogP contribution in [-0.4, -0.2) is 24.7 Å². The van der Waals surface area contributed by atoms with Crippen molar-refractivity contribution in [1.29, 1.82) is 0 Å². The van der Waals surface area contributed by atoms with E-state index in [1.165, 1.54) is 13.2 Å². The Morgan fingerprint density at radius 1 is 1.25 bits per heavy atom. The molecule has 0 aromatic heterocycles. The van der Waals surface area contributed by atoms with Gasteiger partial charge in [0.25, 0.3) is 0 Å². The van der Waals surface area contributed by atoms with Crippen LogP contribution in [0.25, 0.3) is 0 Å². The first-order valence-electron chi connectivity index (χ1n) is 6.03. The smallest absolute Gasteiger partial charge is 0.496 e. The fourth-order valence-corrected chi connectivity index (χ4v) is 1.76. The van der Waals surface area contributed by atoms with E-state index in [1.807, 2.05) is 0 Å². The predicted molar refractivity (Wildman–Crippen MR) is 67.5 cm³/mol. The van der Waals surface area contributed by atoms with E-state index >= 15 is 0 Å². The van der Waals surface area contributed by atoms with Gasteiger partial charge in [-0.3, -0.25) is 0 Å². The molecule has 1 aromatic rings. The van der Waals surface area contributed by atoms with E-state index in [1.54, 1.807) is 13.8 Å². The molecule has 0 radical (unpaired) electrons. The van der Waals surface area contributed by atoms with Crippen molar-refractivity contribution in [3.05, 3.63) is 23.8 Å². The monoisotopic (exact) mass is 293 g/mol. The molecule has 0 aliphatic carbocycles. The summed E-state index contributed by atoms with van der Waals surface area (Å²) in [5.74, 6) is -0.357. The lowest BCUT2D eigenvalue weighted by atomic mass is 9.94. The molecular formula is C13H18F3NO3. The molecule has 0 aliphatic rings. The molecule has 0 amide bonds. The van der Waals surface area contributed by atoms with Crippen molar-refractivity contribution in [2.24, 2.45) is 11.7 Å². The van der Waals surface area contributed by atoms with Crippen LogP contribution >= 0.6 is 0 Å². The lowest BCUT2D eigenvalue weighted by Crippen LogP contribution is -2.30. The van der Waals surface area contributed by atoms with Gasteiger partial charge in [0.2, 0.25) is 0 Å². The van der Waals surface area contributed by atoms with Crippen molar-refractivity contribution in [2.45, 2.75) is 32.4 Å². The summed E-state index contributed by atoms with van der Waals surface area (Å²) in [4.78, 5) is 0. The Hall–Kier alpha value is -1.47. The largest absolute Gasteiger partial charge is 0.573 e. The molecule has 0 bridgehead atoms. The number of ether oxygens (including phenoxy) is 2. The van der Waals surface area contributed by atoms with Crippen LogP contribution in [0, 0.1) is 5.92 Å². The normalized spacial score (nSPS) is 15.1. The van der Waals surface area contributed by atoms with Crippen LogP contribution in [0.4, 0.5) is 13.2 Å². The topological polar surface area (TPSA) is 64.7 Å². The van der Waals surface area contributed by atoms with Crippen LogP contribution in [0.5, 0.6) is 11.5 Å². The summed E-state index contributed by atoms with van der Waals surface area (Å²) in [6.07, 6.45) is -5.61. The average molecular weight is 293 g/mol. The number of methoxy groups -OCH3 is 1. The van der Waals surface area contributed by atoms with Gasteiger partial charge >= 0.3 is 6.36 Å². The summed E-state index contributed by atoms with van der Waals surface area (Å²) in [7, 11) is 1.31. The van der Waals surface area contributed by atoms with Crippen LogP contribution in [-0.2, 0) is 0 Å². The lowest BCUT2D eigenvalue weighted by molar-refractivity contribution is -0.274. The highest BCUT2D eigenvalue weighted by atomic mass is 19.4. The molecule has 0 aliphatic heterocycles. The molecule has 0 saturated heterocycles. The third-order valence-electron chi connectivity index (χ3n) is 2.85. The number of benzene rings is 1. The van der Waals surface area contributed by atoms with E-state index in [-0.39, 0.29) is 11.7 Å². The Labute approximate surface area is 115 Å². The Balaban J connectivity index is 3.05. The van der Waals surface area contributed by atoms with Crippen LogP contribution in [0.15, 0.2) is 18.2 Å². The van der Waals surface area contributed by atoms with Crippen molar-refractivity contribution in [3.63, 3.8) is 0 Å². The van der Waals surface area contributed by atoms with Crippen molar-refractivity contribution in [3.8, 4) is 11.5 Å². The highest BCUT2D eigenvalue weighted by Gasteiger charge is 2.32. The highest BCUT2D eigenvalue weighted by molar-refractivity contribution is 5.43. The quantitative estimate of drug-likeness (QED) is 0.876. The second-order valence-electron chi connectivity index (χ2n) is 4.71. The third-order valence-corrected chi connectivity index (χ3v) is 2.85. The van der Waals surface area contributed by atoms with Gasteiger partial charge in [0.15, 0.2) is 0 Å². The Morgan fingerprint density at radius 3 is 2.30 bits per heavy atom. The van der Waals surface area contributed by atoms with Gasteiger partial charge in [0.05, 0.1) is 19.3 Å². The maximum atomic E-state index is 12.1. The van der Waals surface area contributed by atoms with Gasteiger partial charge in [0.1, 0.15) is 11.5 Å². The number of hydrogen-bond acceptors (Lipinski definition) is 4. The number of halogens is 3. The van der Waals surface area contributed by atoms with Crippen LogP contribution in [0.1, 0.15) is 25.5 Å². The van der Waals surface area contributed by atoms with E-state index < -0.39 is 24.3 Å². The van der Waals surface area contributed by atoms with Crippen molar-refractivity contribution in [1.82, 2.24) is 0 Å². The minimum Gasteiger partial charge on any atom is -0.496 e. The van der Waals surface area contributed by atoms with Gasteiger partial charge < -0.3 is 20.3 Å². The molecule has 114 valence electrons. The van der Waals surface area contributed by atoms with E-state index in [2.05, 4.69) is 4.74 Å². The Kier molecular flexibility index (Phi) is 5.24. The number of nitrogens with two attached hydrogens (primary N) is 1. The maximum Gasteiger partial charge on any atom is 0.573 e. The van der Waals surface area contributed by atoms with Gasteiger partial charge in [0, 0.05) is 11.6 Å². The third kappa shape index (κ3) is 4.28. The number of rotatable bonds is 5. The molecule has 3 N–H and O–H groups in total. The summed E-state index contributed by atoms with van der Waals surface area (Å²) in [6, 6.07) is 2.83. The summed E-state index contributed by atoms with van der Waals surface area (Å²) in [6.45, 7) is 3.58. The fourth-order valence-electron chi connectivity index (χ4n) is 1.76. The zero-order chi connectivity index (χ0) is 15.5. The molecule has 0 unspecified atom stereocenters. The summed E-state index contributed by atoms with van der Waals surface area (Å²) in [5, 5.41) is 9.93. The van der Waals surface area contributed by atoms with E-state index in [0.29, 0.717) is 5.56 Å². The Bertz CT molecular complexity index is 449. The number of aliphatic hydroxyl groups is 1. The highest BCUT2D eigenvalue weighted by Crippen LogP contribution is 2.33. The molecule has 7 heteroatoms. The second kappa shape index (κ2) is 6.32. The summed E-state index contributed by atoms with van der Waals surface area (Å²) < 4.78 is 45.2. The van der Waals surface area contributed by atoms with E-state index in [9.17, 15) is 18.3 Å². The molecule has 1 rings (SSSR count). The first-order chi connectivity index (χ1) is 9.15. The molecule has 1 aromatic carbocycles.